The van der Waals surface area contributed by atoms with E-state index in [0.29, 0.717) is 39.1 Å². The van der Waals surface area contributed by atoms with Crippen molar-refractivity contribution in [1.29, 1.82) is 0 Å². The summed E-state index contributed by atoms with van der Waals surface area (Å²) in [6, 6.07) is 6.08. The van der Waals surface area contributed by atoms with Gasteiger partial charge in [-0.1, -0.05) is 12.1 Å². The molecule has 1 fully saturated rings. The van der Waals surface area contributed by atoms with Crippen molar-refractivity contribution in [2.45, 2.75) is 12.8 Å². The lowest BCUT2D eigenvalue weighted by Gasteiger charge is -2.31. The van der Waals surface area contributed by atoms with Crippen molar-refractivity contribution in [1.82, 2.24) is 14.5 Å². The molecule has 0 radical (unpaired) electrons. The van der Waals surface area contributed by atoms with Gasteiger partial charge >= 0.3 is 0 Å². The molecule has 1 heterocycles. The first-order valence-corrected chi connectivity index (χ1v) is 9.65. The van der Waals surface area contributed by atoms with Crippen molar-refractivity contribution in [2.75, 3.05) is 45.5 Å². The van der Waals surface area contributed by atoms with Crippen LogP contribution in [0.1, 0.15) is 12.0 Å². The quantitative estimate of drug-likeness (QED) is 0.769. The summed E-state index contributed by atoms with van der Waals surface area (Å²) in [6.07, 6.45) is 0.537. The number of benzene rings is 1. The Morgan fingerprint density at radius 1 is 1.17 bits per heavy atom. The average molecular weight is 357 g/mol. The highest BCUT2D eigenvalue weighted by Gasteiger charge is 2.25. The van der Waals surface area contributed by atoms with Gasteiger partial charge in [0, 0.05) is 39.1 Å². The van der Waals surface area contributed by atoms with E-state index >= 15 is 0 Å². The van der Waals surface area contributed by atoms with Crippen molar-refractivity contribution in [3.8, 4) is 0 Å². The van der Waals surface area contributed by atoms with Crippen molar-refractivity contribution >= 4 is 15.9 Å². The van der Waals surface area contributed by atoms with E-state index < -0.39 is 10.0 Å². The minimum Gasteiger partial charge on any atom is -0.356 e. The molecule has 2 rings (SSSR count). The first-order valence-electron chi connectivity index (χ1n) is 8.04. The van der Waals surface area contributed by atoms with E-state index in [2.05, 4.69) is 10.2 Å². The summed E-state index contributed by atoms with van der Waals surface area (Å²) in [5.74, 6) is -0.745. The second-order valence-corrected chi connectivity index (χ2v) is 8.08. The average Bonchev–Trinajstić information content (AvgIpc) is 2.55. The molecule has 24 heavy (non-hydrogen) atoms. The number of likely N-dealkylation sites (N-methyl/N-ethyl adjacent to an activating group) is 1. The standard InChI is InChI=1S/C16H24FN3O3S/c1-19-9-11-20(12-10-19)24(22,23)13-7-16(21)18-8-6-14-2-4-15(17)5-3-14/h2-5H,6-13H2,1H3,(H,18,21). The van der Waals surface area contributed by atoms with Crippen molar-refractivity contribution in [3.63, 3.8) is 0 Å². The molecule has 6 nitrogen and oxygen atoms in total. The van der Waals surface area contributed by atoms with E-state index in [-0.39, 0.29) is 23.9 Å². The predicted octanol–water partition coefficient (Wildman–Crippen LogP) is 0.452. The lowest BCUT2D eigenvalue weighted by molar-refractivity contribution is -0.120. The zero-order valence-corrected chi connectivity index (χ0v) is 14.7. The molecule has 0 atom stereocenters. The van der Waals surface area contributed by atoms with Crippen LogP contribution in [0.25, 0.3) is 0 Å². The van der Waals surface area contributed by atoms with Crippen molar-refractivity contribution in [3.05, 3.63) is 35.6 Å². The molecule has 0 spiro atoms. The first kappa shape index (κ1) is 18.8. The van der Waals surface area contributed by atoms with Gasteiger partial charge in [-0.15, -0.1) is 0 Å². The van der Waals surface area contributed by atoms with Gasteiger partial charge in [0.1, 0.15) is 5.82 Å². The number of nitrogens with zero attached hydrogens (tertiary/aromatic N) is 2. The Morgan fingerprint density at radius 2 is 1.79 bits per heavy atom. The first-order chi connectivity index (χ1) is 11.4. The van der Waals surface area contributed by atoms with E-state index in [4.69, 9.17) is 0 Å². The van der Waals surface area contributed by atoms with Crippen LogP contribution in [0.4, 0.5) is 4.39 Å². The Balaban J connectivity index is 1.69. The molecule has 1 aliphatic heterocycles. The number of piperazine rings is 1. The van der Waals surface area contributed by atoms with Gasteiger partial charge in [-0.05, 0) is 31.2 Å². The fourth-order valence-electron chi connectivity index (χ4n) is 2.50. The SMILES string of the molecule is CN1CCN(S(=O)(=O)CCC(=O)NCCc2ccc(F)cc2)CC1. The maximum atomic E-state index is 12.8. The molecule has 1 saturated heterocycles. The lowest BCUT2D eigenvalue weighted by Crippen LogP contribution is -2.48. The Bertz CT molecular complexity index is 641. The van der Waals surface area contributed by atoms with Gasteiger partial charge in [-0.3, -0.25) is 4.79 Å². The van der Waals surface area contributed by atoms with E-state index in [1.165, 1.54) is 16.4 Å². The third-order valence-corrected chi connectivity index (χ3v) is 5.96. The number of amides is 1. The number of sulfonamides is 1. The molecule has 1 N–H and O–H groups in total. The van der Waals surface area contributed by atoms with Crippen LogP contribution in [-0.2, 0) is 21.2 Å². The third kappa shape index (κ3) is 5.85. The van der Waals surface area contributed by atoms with Gasteiger partial charge in [0.05, 0.1) is 5.75 Å². The van der Waals surface area contributed by atoms with Crippen molar-refractivity contribution < 1.29 is 17.6 Å². The summed E-state index contributed by atoms with van der Waals surface area (Å²) >= 11 is 0. The van der Waals surface area contributed by atoms with Crippen LogP contribution < -0.4 is 5.32 Å². The van der Waals surface area contributed by atoms with Gasteiger partial charge < -0.3 is 10.2 Å². The number of carbonyl (C=O) groups excluding carboxylic acids is 1. The van der Waals surface area contributed by atoms with Crippen LogP contribution in [-0.4, -0.2) is 69.1 Å². The van der Waals surface area contributed by atoms with Gasteiger partial charge in [0.2, 0.25) is 15.9 Å². The van der Waals surface area contributed by atoms with Crippen LogP contribution >= 0.6 is 0 Å². The number of hydrogen-bond donors (Lipinski definition) is 1. The second kappa shape index (κ2) is 8.55. The Hall–Kier alpha value is -1.51. The Kier molecular flexibility index (Phi) is 6.70. The van der Waals surface area contributed by atoms with Crippen LogP contribution in [0.5, 0.6) is 0 Å². The van der Waals surface area contributed by atoms with Crippen LogP contribution in [0.3, 0.4) is 0 Å². The minimum atomic E-state index is -3.38. The lowest BCUT2D eigenvalue weighted by atomic mass is 10.1. The topological polar surface area (TPSA) is 69.7 Å². The maximum absolute atomic E-state index is 12.8. The Morgan fingerprint density at radius 3 is 2.42 bits per heavy atom. The molecule has 0 bridgehead atoms. The molecule has 0 saturated carbocycles. The monoisotopic (exact) mass is 357 g/mol. The summed E-state index contributed by atoms with van der Waals surface area (Å²) in [7, 11) is -1.42. The molecule has 1 amide bonds. The fraction of sp³-hybridized carbons (Fsp3) is 0.562. The molecule has 8 heteroatoms. The van der Waals surface area contributed by atoms with Gasteiger partial charge in [-0.25, -0.2) is 12.8 Å². The number of carbonyl (C=O) groups is 1. The molecule has 1 aromatic carbocycles. The van der Waals surface area contributed by atoms with Crippen LogP contribution in [0.2, 0.25) is 0 Å². The van der Waals surface area contributed by atoms with Gasteiger partial charge in [0.15, 0.2) is 0 Å². The maximum Gasteiger partial charge on any atom is 0.221 e. The number of halogens is 1. The number of rotatable bonds is 7. The molecular formula is C16H24FN3O3S. The molecule has 134 valence electrons. The second-order valence-electron chi connectivity index (χ2n) is 5.99. The smallest absolute Gasteiger partial charge is 0.221 e. The molecule has 0 aliphatic carbocycles. The molecule has 1 aliphatic rings. The van der Waals surface area contributed by atoms with Crippen LogP contribution in [0.15, 0.2) is 24.3 Å². The fourth-order valence-corrected chi connectivity index (χ4v) is 3.92. The Labute approximate surface area is 142 Å². The third-order valence-electron chi connectivity index (χ3n) is 4.09. The van der Waals surface area contributed by atoms with E-state index in [1.807, 2.05) is 7.05 Å². The molecule has 0 unspecified atom stereocenters. The van der Waals surface area contributed by atoms with Crippen LogP contribution in [0, 0.1) is 5.82 Å². The van der Waals surface area contributed by atoms with E-state index in [1.54, 1.807) is 12.1 Å². The normalized spacial score (nSPS) is 16.9. The molecular weight excluding hydrogens is 333 g/mol. The minimum absolute atomic E-state index is 0.0436. The number of nitrogens with one attached hydrogen (secondary N) is 1. The number of hydrogen-bond acceptors (Lipinski definition) is 4. The summed E-state index contributed by atoms with van der Waals surface area (Å²) in [5, 5.41) is 2.70. The molecule has 1 aromatic rings. The zero-order valence-electron chi connectivity index (χ0n) is 13.9. The highest BCUT2D eigenvalue weighted by atomic mass is 32.2. The zero-order chi connectivity index (χ0) is 17.6. The van der Waals surface area contributed by atoms with Gasteiger partial charge in [-0.2, -0.15) is 4.31 Å². The summed E-state index contributed by atoms with van der Waals surface area (Å²) in [6.45, 7) is 2.78. The molecule has 0 aromatic heterocycles. The van der Waals surface area contributed by atoms with E-state index in [9.17, 15) is 17.6 Å². The van der Waals surface area contributed by atoms with Gasteiger partial charge in [0.25, 0.3) is 0 Å². The highest BCUT2D eigenvalue weighted by Crippen LogP contribution is 2.08. The largest absolute Gasteiger partial charge is 0.356 e. The summed E-state index contributed by atoms with van der Waals surface area (Å²) in [5.41, 5.74) is 0.918. The van der Waals surface area contributed by atoms with Crippen molar-refractivity contribution in [2.24, 2.45) is 0 Å². The summed E-state index contributed by atoms with van der Waals surface area (Å²) < 4.78 is 38.7. The highest BCUT2D eigenvalue weighted by molar-refractivity contribution is 7.89. The summed E-state index contributed by atoms with van der Waals surface area (Å²) in [4.78, 5) is 13.9. The predicted molar refractivity (Wildman–Crippen MR) is 90.6 cm³/mol. The van der Waals surface area contributed by atoms with E-state index in [0.717, 1.165) is 5.56 Å².